The number of hydrogen-bond donors (Lipinski definition) is 1. The predicted molar refractivity (Wildman–Crippen MR) is 47.7 cm³/mol. The van der Waals surface area contributed by atoms with E-state index in [4.69, 9.17) is 0 Å². The minimum absolute atomic E-state index is 0.0595. The molecule has 1 nitrogen and oxygen atoms in total. The Morgan fingerprint density at radius 3 is 1.83 bits per heavy atom. The topological polar surface area (TPSA) is 20.2 Å². The van der Waals surface area contributed by atoms with Gasteiger partial charge in [0.2, 0.25) is 0 Å². The molecule has 3 unspecified atom stereocenters. The molecule has 3 fully saturated rings. The first-order chi connectivity index (χ1) is 5.45. The number of aliphatic hydroxyl groups is 1. The quantitative estimate of drug-likeness (QED) is 0.585. The Labute approximate surface area is 74.2 Å². The molecule has 0 aliphatic heterocycles. The number of aliphatic hydroxyl groups excluding tert-OH is 1. The average molecular weight is 166 g/mol. The third-order valence-electron chi connectivity index (χ3n) is 4.53. The van der Waals surface area contributed by atoms with Crippen molar-refractivity contribution in [2.24, 2.45) is 22.2 Å². The predicted octanol–water partition coefficient (Wildman–Crippen LogP) is 2.19. The van der Waals surface area contributed by atoms with E-state index in [0.29, 0.717) is 16.2 Å². The van der Waals surface area contributed by atoms with Crippen LogP contribution in [0.4, 0.5) is 0 Å². The molecule has 0 radical (unpaired) electrons. The summed E-state index contributed by atoms with van der Waals surface area (Å²) in [5, 5.41) is 9.67. The van der Waals surface area contributed by atoms with Crippen LogP contribution in [-0.2, 0) is 0 Å². The number of rotatable bonds is 0. The summed E-state index contributed by atoms with van der Waals surface area (Å²) in [5.41, 5.74) is 1.48. The molecule has 3 aliphatic rings. The molecule has 3 atom stereocenters. The zero-order valence-corrected chi connectivity index (χ0v) is 8.22. The van der Waals surface area contributed by atoms with Gasteiger partial charge in [0.05, 0.1) is 6.10 Å². The summed E-state index contributed by atoms with van der Waals surface area (Å²) in [7, 11) is 0. The second-order valence-electron chi connectivity index (χ2n) is 6.22. The molecule has 1 heteroatoms. The average Bonchev–Trinajstić information content (AvgIpc) is 2.72. The van der Waals surface area contributed by atoms with E-state index in [1.165, 1.54) is 12.8 Å². The first kappa shape index (κ1) is 7.37. The van der Waals surface area contributed by atoms with E-state index in [2.05, 4.69) is 20.8 Å². The second kappa shape index (κ2) is 1.50. The molecular formula is C11H18O. The van der Waals surface area contributed by atoms with Gasteiger partial charge in [-0.05, 0) is 36.0 Å². The van der Waals surface area contributed by atoms with Crippen molar-refractivity contribution in [3.8, 4) is 0 Å². The van der Waals surface area contributed by atoms with Gasteiger partial charge in [0, 0.05) is 5.41 Å². The molecule has 0 heterocycles. The molecule has 0 aromatic rings. The van der Waals surface area contributed by atoms with E-state index in [0.717, 1.165) is 12.3 Å². The Hall–Kier alpha value is -0.0400. The lowest BCUT2D eigenvalue weighted by Gasteiger charge is -2.18. The molecule has 3 aliphatic carbocycles. The zero-order valence-electron chi connectivity index (χ0n) is 8.22. The summed E-state index contributed by atoms with van der Waals surface area (Å²) in [5.74, 6) is 0.826. The lowest BCUT2D eigenvalue weighted by molar-refractivity contribution is 0.230. The van der Waals surface area contributed by atoms with Gasteiger partial charge in [0.15, 0.2) is 0 Å². The Kier molecular flexibility index (Phi) is 0.919. The van der Waals surface area contributed by atoms with Crippen LogP contribution in [0, 0.1) is 22.2 Å². The molecule has 0 saturated heterocycles. The standard InChI is InChI=1S/C11H18O/c1-9(2,3)8-10(4-5-10)11(8)6-7(11)12/h7-8,12H,4-6H2,1-3H3. The summed E-state index contributed by atoms with van der Waals surface area (Å²) < 4.78 is 0. The van der Waals surface area contributed by atoms with Gasteiger partial charge in [0.1, 0.15) is 0 Å². The highest BCUT2D eigenvalue weighted by Crippen LogP contribution is 2.94. The fourth-order valence-corrected chi connectivity index (χ4v) is 4.29. The van der Waals surface area contributed by atoms with E-state index in [1.807, 2.05) is 0 Å². The lowest BCUT2D eigenvalue weighted by Crippen LogP contribution is -2.11. The van der Waals surface area contributed by atoms with Crippen molar-refractivity contribution in [2.75, 3.05) is 0 Å². The highest BCUT2D eigenvalue weighted by molar-refractivity contribution is 5.40. The Balaban J connectivity index is 1.93. The summed E-state index contributed by atoms with van der Waals surface area (Å²) in [6.07, 6.45) is 3.96. The maximum atomic E-state index is 9.67. The first-order valence-electron chi connectivity index (χ1n) is 5.13. The summed E-state index contributed by atoms with van der Waals surface area (Å²) >= 11 is 0. The van der Waals surface area contributed by atoms with Gasteiger partial charge < -0.3 is 5.11 Å². The maximum absolute atomic E-state index is 9.67. The molecule has 0 bridgehead atoms. The highest BCUT2D eigenvalue weighted by atomic mass is 16.3. The van der Waals surface area contributed by atoms with Crippen molar-refractivity contribution < 1.29 is 5.11 Å². The summed E-state index contributed by atoms with van der Waals surface area (Å²) in [4.78, 5) is 0. The van der Waals surface area contributed by atoms with Crippen LogP contribution in [-0.4, -0.2) is 11.2 Å². The molecule has 1 N–H and O–H groups in total. The molecule has 3 saturated carbocycles. The van der Waals surface area contributed by atoms with Gasteiger partial charge in [-0.25, -0.2) is 0 Å². The number of hydrogen-bond acceptors (Lipinski definition) is 1. The van der Waals surface area contributed by atoms with E-state index in [1.54, 1.807) is 0 Å². The van der Waals surface area contributed by atoms with Crippen molar-refractivity contribution in [1.29, 1.82) is 0 Å². The SMILES string of the molecule is CC(C)(C)C1C2(CC2)C12CC2O. The van der Waals surface area contributed by atoms with E-state index >= 15 is 0 Å². The largest absolute Gasteiger partial charge is 0.392 e. The minimum Gasteiger partial charge on any atom is -0.392 e. The van der Waals surface area contributed by atoms with Gasteiger partial charge in [0.25, 0.3) is 0 Å². The zero-order chi connectivity index (χ0) is 8.78. The normalized spacial score (nSPS) is 53.0. The smallest absolute Gasteiger partial charge is 0.0612 e. The van der Waals surface area contributed by atoms with Crippen LogP contribution in [0.3, 0.4) is 0 Å². The molecule has 2 spiro atoms. The molecule has 0 aromatic heterocycles. The van der Waals surface area contributed by atoms with Crippen LogP contribution < -0.4 is 0 Å². The first-order valence-corrected chi connectivity index (χ1v) is 5.13. The fourth-order valence-electron chi connectivity index (χ4n) is 4.29. The van der Waals surface area contributed by atoms with Gasteiger partial charge >= 0.3 is 0 Å². The molecule has 12 heavy (non-hydrogen) atoms. The molecular weight excluding hydrogens is 148 g/mol. The van der Waals surface area contributed by atoms with Crippen LogP contribution in [0.2, 0.25) is 0 Å². The fraction of sp³-hybridized carbons (Fsp3) is 1.00. The molecule has 0 amide bonds. The van der Waals surface area contributed by atoms with Crippen molar-refractivity contribution in [1.82, 2.24) is 0 Å². The maximum Gasteiger partial charge on any atom is 0.0612 e. The third-order valence-corrected chi connectivity index (χ3v) is 4.53. The highest BCUT2D eigenvalue weighted by Gasteiger charge is 2.92. The van der Waals surface area contributed by atoms with Crippen LogP contribution in [0.5, 0.6) is 0 Å². The lowest BCUT2D eigenvalue weighted by atomic mass is 9.87. The van der Waals surface area contributed by atoms with Crippen LogP contribution in [0.1, 0.15) is 40.0 Å². The van der Waals surface area contributed by atoms with Crippen molar-refractivity contribution in [3.63, 3.8) is 0 Å². The Morgan fingerprint density at radius 2 is 1.75 bits per heavy atom. The van der Waals surface area contributed by atoms with Crippen molar-refractivity contribution >= 4 is 0 Å². The summed E-state index contributed by atoms with van der Waals surface area (Å²) in [6.45, 7) is 6.99. The van der Waals surface area contributed by atoms with Crippen LogP contribution in [0.15, 0.2) is 0 Å². The Morgan fingerprint density at radius 1 is 1.25 bits per heavy atom. The monoisotopic (exact) mass is 166 g/mol. The van der Waals surface area contributed by atoms with E-state index < -0.39 is 0 Å². The van der Waals surface area contributed by atoms with Gasteiger partial charge in [-0.2, -0.15) is 0 Å². The van der Waals surface area contributed by atoms with Gasteiger partial charge in [-0.3, -0.25) is 0 Å². The Bertz CT molecular complexity index is 246. The van der Waals surface area contributed by atoms with E-state index in [-0.39, 0.29) is 6.10 Å². The summed E-state index contributed by atoms with van der Waals surface area (Å²) in [6, 6.07) is 0. The van der Waals surface area contributed by atoms with Crippen LogP contribution >= 0.6 is 0 Å². The molecule has 3 rings (SSSR count). The minimum atomic E-state index is 0.0595. The molecule has 0 aromatic carbocycles. The van der Waals surface area contributed by atoms with Crippen LogP contribution in [0.25, 0.3) is 0 Å². The van der Waals surface area contributed by atoms with Crippen molar-refractivity contribution in [3.05, 3.63) is 0 Å². The second-order valence-corrected chi connectivity index (χ2v) is 6.22. The molecule has 68 valence electrons. The third kappa shape index (κ3) is 0.527. The van der Waals surface area contributed by atoms with Gasteiger partial charge in [-0.15, -0.1) is 0 Å². The van der Waals surface area contributed by atoms with Crippen molar-refractivity contribution in [2.45, 2.75) is 46.1 Å². The number of fused-ring (bicyclic) bond motifs is 1. The van der Waals surface area contributed by atoms with Gasteiger partial charge in [-0.1, -0.05) is 20.8 Å². The van der Waals surface area contributed by atoms with E-state index in [9.17, 15) is 5.11 Å².